The molecule has 5 heteroatoms. The van der Waals surface area contributed by atoms with E-state index < -0.39 is 0 Å². The van der Waals surface area contributed by atoms with Crippen molar-refractivity contribution in [3.05, 3.63) is 23.7 Å². The second-order valence-corrected chi connectivity index (χ2v) is 4.30. The van der Waals surface area contributed by atoms with Crippen molar-refractivity contribution in [2.24, 2.45) is 0 Å². The van der Waals surface area contributed by atoms with Crippen LogP contribution in [0.5, 0.6) is 0 Å². The molecule has 0 saturated carbocycles. The van der Waals surface area contributed by atoms with Crippen molar-refractivity contribution in [2.75, 3.05) is 13.1 Å². The average molecular weight is 217 g/mol. The number of nitrogens with one attached hydrogen (secondary N) is 1. The predicted octanol–water partition coefficient (Wildman–Crippen LogP) is 0.900. The fraction of sp³-hybridized carbons (Fsp3) is 0.545. The Kier molecular flexibility index (Phi) is 2.32. The maximum atomic E-state index is 4.62. The van der Waals surface area contributed by atoms with Gasteiger partial charge in [-0.05, 0) is 45.0 Å². The molecule has 3 rings (SSSR count). The van der Waals surface area contributed by atoms with Crippen molar-refractivity contribution in [2.45, 2.75) is 25.7 Å². The zero-order chi connectivity index (χ0) is 11.0. The molecule has 84 valence electrons. The summed E-state index contributed by atoms with van der Waals surface area (Å²) in [5, 5.41) is 16.1. The van der Waals surface area contributed by atoms with Gasteiger partial charge in [0.25, 0.3) is 0 Å². The number of aryl methyl sites for hydroxylation is 1. The van der Waals surface area contributed by atoms with Crippen LogP contribution in [0.2, 0.25) is 0 Å². The van der Waals surface area contributed by atoms with E-state index in [9.17, 15) is 0 Å². The van der Waals surface area contributed by atoms with E-state index in [0.29, 0.717) is 5.92 Å². The van der Waals surface area contributed by atoms with Crippen LogP contribution in [0.25, 0.3) is 5.65 Å². The van der Waals surface area contributed by atoms with Gasteiger partial charge in [-0.2, -0.15) is 9.61 Å². The topological polar surface area (TPSA) is 55.1 Å². The lowest BCUT2D eigenvalue weighted by atomic mass is 9.94. The van der Waals surface area contributed by atoms with E-state index in [1.807, 2.05) is 17.5 Å². The van der Waals surface area contributed by atoms with Crippen molar-refractivity contribution >= 4 is 5.65 Å². The van der Waals surface area contributed by atoms with Crippen molar-refractivity contribution in [3.63, 3.8) is 0 Å². The van der Waals surface area contributed by atoms with Crippen LogP contribution in [0.3, 0.4) is 0 Å². The third-order valence-electron chi connectivity index (χ3n) is 3.20. The molecule has 0 spiro atoms. The van der Waals surface area contributed by atoms with Crippen LogP contribution in [0.4, 0.5) is 0 Å². The first-order chi connectivity index (χ1) is 7.84. The molecule has 0 amide bonds. The normalized spacial score (nSPS) is 18.1. The molecular formula is C11H15N5. The average Bonchev–Trinajstić information content (AvgIpc) is 2.72. The molecule has 1 saturated heterocycles. The van der Waals surface area contributed by atoms with Crippen LogP contribution >= 0.6 is 0 Å². The van der Waals surface area contributed by atoms with Crippen molar-refractivity contribution in [1.29, 1.82) is 0 Å². The monoisotopic (exact) mass is 217 g/mol. The van der Waals surface area contributed by atoms with Crippen molar-refractivity contribution < 1.29 is 0 Å². The number of piperidine rings is 1. The first-order valence-electron chi connectivity index (χ1n) is 5.74. The van der Waals surface area contributed by atoms with Crippen LogP contribution in [-0.4, -0.2) is 32.9 Å². The number of aromatic nitrogens is 4. The number of hydrogen-bond donors (Lipinski definition) is 1. The van der Waals surface area contributed by atoms with Gasteiger partial charge in [-0.1, -0.05) is 0 Å². The zero-order valence-electron chi connectivity index (χ0n) is 9.35. The fourth-order valence-corrected chi connectivity index (χ4v) is 2.25. The summed E-state index contributed by atoms with van der Waals surface area (Å²) in [4.78, 5) is 0. The Morgan fingerprint density at radius 1 is 1.25 bits per heavy atom. The molecule has 0 bridgehead atoms. The fourth-order valence-electron chi connectivity index (χ4n) is 2.25. The molecule has 2 aromatic rings. The van der Waals surface area contributed by atoms with Gasteiger partial charge in [0.1, 0.15) is 0 Å². The van der Waals surface area contributed by atoms with Gasteiger partial charge in [-0.3, -0.25) is 0 Å². The molecule has 0 atom stereocenters. The van der Waals surface area contributed by atoms with E-state index in [-0.39, 0.29) is 0 Å². The quantitative estimate of drug-likeness (QED) is 0.771. The molecule has 1 aliphatic rings. The number of hydrogen-bond acceptors (Lipinski definition) is 4. The molecular weight excluding hydrogens is 202 g/mol. The standard InChI is InChI=1S/C11H15N5/c1-8-13-14-11-3-2-10(15-16(8)11)9-4-6-12-7-5-9/h2-3,9,12H,4-7H2,1H3. The zero-order valence-corrected chi connectivity index (χ0v) is 9.35. The maximum absolute atomic E-state index is 4.62. The van der Waals surface area contributed by atoms with Crippen molar-refractivity contribution in [1.82, 2.24) is 25.1 Å². The van der Waals surface area contributed by atoms with Crippen LogP contribution in [0.15, 0.2) is 12.1 Å². The lowest BCUT2D eigenvalue weighted by Gasteiger charge is -2.21. The third kappa shape index (κ3) is 1.57. The largest absolute Gasteiger partial charge is 0.317 e. The molecule has 0 aromatic carbocycles. The van der Waals surface area contributed by atoms with Crippen molar-refractivity contribution in [3.8, 4) is 0 Å². The Labute approximate surface area is 93.9 Å². The van der Waals surface area contributed by atoms with Gasteiger partial charge in [0.05, 0.1) is 5.69 Å². The number of fused-ring (bicyclic) bond motifs is 1. The van der Waals surface area contributed by atoms with Gasteiger partial charge in [0.15, 0.2) is 11.5 Å². The van der Waals surface area contributed by atoms with E-state index in [1.165, 1.54) is 12.8 Å². The summed E-state index contributed by atoms with van der Waals surface area (Å²) in [6, 6.07) is 4.09. The Balaban J connectivity index is 1.99. The highest BCUT2D eigenvalue weighted by Gasteiger charge is 2.17. The van der Waals surface area contributed by atoms with E-state index in [1.54, 1.807) is 0 Å². The summed E-state index contributed by atoms with van der Waals surface area (Å²) >= 11 is 0. The maximum Gasteiger partial charge on any atom is 0.177 e. The van der Waals surface area contributed by atoms with Gasteiger partial charge in [0.2, 0.25) is 0 Å². The summed E-state index contributed by atoms with van der Waals surface area (Å²) in [6.45, 7) is 4.11. The van der Waals surface area contributed by atoms with Gasteiger partial charge in [0, 0.05) is 5.92 Å². The van der Waals surface area contributed by atoms with Gasteiger partial charge < -0.3 is 5.32 Å². The Morgan fingerprint density at radius 3 is 2.88 bits per heavy atom. The van der Waals surface area contributed by atoms with Gasteiger partial charge in [-0.15, -0.1) is 10.2 Å². The van der Waals surface area contributed by atoms with Crippen LogP contribution < -0.4 is 5.32 Å². The molecule has 1 fully saturated rings. The first-order valence-corrected chi connectivity index (χ1v) is 5.74. The SMILES string of the molecule is Cc1nnc2ccc(C3CCNCC3)nn12. The molecule has 1 aliphatic heterocycles. The summed E-state index contributed by atoms with van der Waals surface area (Å²) in [5.41, 5.74) is 1.99. The molecule has 5 nitrogen and oxygen atoms in total. The summed E-state index contributed by atoms with van der Waals surface area (Å²) in [7, 11) is 0. The number of rotatable bonds is 1. The van der Waals surface area contributed by atoms with E-state index in [0.717, 1.165) is 30.3 Å². The van der Waals surface area contributed by atoms with Gasteiger partial charge >= 0.3 is 0 Å². The second kappa shape index (κ2) is 3.83. The highest BCUT2D eigenvalue weighted by Crippen LogP contribution is 2.23. The highest BCUT2D eigenvalue weighted by molar-refractivity contribution is 5.36. The minimum Gasteiger partial charge on any atom is -0.317 e. The van der Waals surface area contributed by atoms with Gasteiger partial charge in [-0.25, -0.2) is 0 Å². The summed E-state index contributed by atoms with van der Waals surface area (Å²) in [5.74, 6) is 1.43. The molecule has 1 N–H and O–H groups in total. The molecule has 16 heavy (non-hydrogen) atoms. The van der Waals surface area contributed by atoms with Crippen LogP contribution in [0, 0.1) is 6.92 Å². The second-order valence-electron chi connectivity index (χ2n) is 4.30. The van der Waals surface area contributed by atoms with Crippen LogP contribution in [-0.2, 0) is 0 Å². The minimum absolute atomic E-state index is 0.576. The Hall–Kier alpha value is -1.49. The molecule has 2 aromatic heterocycles. The lowest BCUT2D eigenvalue weighted by Crippen LogP contribution is -2.27. The van der Waals surface area contributed by atoms with Crippen LogP contribution in [0.1, 0.15) is 30.3 Å². The van der Waals surface area contributed by atoms with E-state index >= 15 is 0 Å². The number of nitrogens with zero attached hydrogens (tertiary/aromatic N) is 4. The summed E-state index contributed by atoms with van der Waals surface area (Å²) < 4.78 is 1.83. The van der Waals surface area contributed by atoms with E-state index in [2.05, 4.69) is 26.7 Å². The first kappa shape index (κ1) is 9.72. The molecule has 0 unspecified atom stereocenters. The smallest absolute Gasteiger partial charge is 0.177 e. The molecule has 0 aliphatic carbocycles. The van der Waals surface area contributed by atoms with E-state index in [4.69, 9.17) is 0 Å². The third-order valence-corrected chi connectivity index (χ3v) is 3.20. The summed E-state index contributed by atoms with van der Waals surface area (Å²) in [6.07, 6.45) is 2.33. The lowest BCUT2D eigenvalue weighted by molar-refractivity contribution is 0.449. The molecule has 0 radical (unpaired) electrons. The molecule has 3 heterocycles. The Bertz CT molecular complexity index is 498. The predicted molar refractivity (Wildman–Crippen MR) is 60.4 cm³/mol. The highest BCUT2D eigenvalue weighted by atomic mass is 15.4. The minimum atomic E-state index is 0.576. The Morgan fingerprint density at radius 2 is 2.06 bits per heavy atom.